The van der Waals surface area contributed by atoms with E-state index in [4.69, 9.17) is 9.05 Å². The molecule has 8 nitrogen and oxygen atoms in total. The van der Waals surface area contributed by atoms with E-state index in [0.717, 1.165) is 38.5 Å². The number of quaternary nitrogens is 1. The number of phosphoric acid groups is 1. The maximum atomic E-state index is 13.0. The van der Waals surface area contributed by atoms with Crippen LogP contribution in [0.1, 0.15) is 328 Å². The Morgan fingerprint density at radius 2 is 0.733 bits per heavy atom. The van der Waals surface area contributed by atoms with Gasteiger partial charge in [-0.15, -0.1) is 0 Å². The van der Waals surface area contributed by atoms with Gasteiger partial charge in [0.15, 0.2) is 0 Å². The average Bonchev–Trinajstić information content (AvgIpc) is 3.37. The topological polar surface area (TPSA) is 105 Å². The Labute approximate surface area is 467 Å². The van der Waals surface area contributed by atoms with Crippen molar-refractivity contribution >= 4 is 13.7 Å². The van der Waals surface area contributed by atoms with E-state index in [1.807, 2.05) is 27.2 Å². The Kier molecular flexibility index (Phi) is 56.4. The molecule has 3 N–H and O–H groups in total. The molecule has 0 rings (SSSR count). The number of unbranched alkanes of at least 4 members (excludes halogenated alkanes) is 44. The summed E-state index contributed by atoms with van der Waals surface area (Å²) in [4.78, 5) is 23.4. The molecule has 1 amide bonds. The van der Waals surface area contributed by atoms with E-state index < -0.39 is 20.0 Å². The number of allylic oxidation sites excluding steroid dienone is 5. The van der Waals surface area contributed by atoms with Crippen LogP contribution in [0.3, 0.4) is 0 Å². The molecule has 3 unspecified atom stereocenters. The third-order valence-corrected chi connectivity index (χ3v) is 16.1. The van der Waals surface area contributed by atoms with Crippen LogP contribution in [0, 0.1) is 0 Å². The van der Waals surface area contributed by atoms with Crippen LogP contribution in [-0.2, 0) is 18.4 Å². The lowest BCUT2D eigenvalue weighted by Gasteiger charge is -2.25. The van der Waals surface area contributed by atoms with E-state index in [-0.39, 0.29) is 19.1 Å². The minimum atomic E-state index is -4.36. The van der Waals surface area contributed by atoms with Crippen LogP contribution < -0.4 is 5.32 Å². The second-order valence-electron chi connectivity index (χ2n) is 23.8. The number of nitrogens with zero attached hydrogens (tertiary/aromatic N) is 1. The lowest BCUT2D eigenvalue weighted by atomic mass is 10.0. The van der Waals surface area contributed by atoms with Crippen LogP contribution in [-0.4, -0.2) is 73.4 Å². The van der Waals surface area contributed by atoms with Crippen LogP contribution in [0.2, 0.25) is 0 Å². The lowest BCUT2D eigenvalue weighted by Crippen LogP contribution is -2.45. The lowest BCUT2D eigenvalue weighted by molar-refractivity contribution is -0.870. The molecule has 9 heteroatoms. The van der Waals surface area contributed by atoms with Gasteiger partial charge in [0.2, 0.25) is 5.91 Å². The van der Waals surface area contributed by atoms with Crippen LogP contribution in [0.4, 0.5) is 0 Å². The van der Waals surface area contributed by atoms with Gasteiger partial charge in [-0.05, 0) is 57.8 Å². The fourth-order valence-electron chi connectivity index (χ4n) is 9.94. The molecule has 0 aliphatic rings. The zero-order chi connectivity index (χ0) is 54.9. The van der Waals surface area contributed by atoms with Crippen molar-refractivity contribution in [2.45, 2.75) is 341 Å². The summed E-state index contributed by atoms with van der Waals surface area (Å²) in [6, 6.07) is -0.864. The summed E-state index contributed by atoms with van der Waals surface area (Å²) in [5.41, 5.74) is 0. The number of carbonyl (C=O) groups is 1. The van der Waals surface area contributed by atoms with Crippen molar-refractivity contribution in [2.75, 3.05) is 40.9 Å². The predicted octanol–water partition coefficient (Wildman–Crippen LogP) is 20.5. The van der Waals surface area contributed by atoms with Crippen LogP contribution >= 0.6 is 7.82 Å². The minimum absolute atomic E-state index is 0.0570. The number of hydrogen-bond acceptors (Lipinski definition) is 5. The molecule has 444 valence electrons. The van der Waals surface area contributed by atoms with Gasteiger partial charge in [0.05, 0.1) is 39.9 Å². The van der Waals surface area contributed by atoms with Gasteiger partial charge >= 0.3 is 7.82 Å². The number of amides is 1. The maximum absolute atomic E-state index is 13.0. The molecule has 0 spiro atoms. The van der Waals surface area contributed by atoms with Crippen molar-refractivity contribution < 1.29 is 32.9 Å². The molecular formula is C66H130N2O6P+. The third kappa shape index (κ3) is 60.2. The monoisotopic (exact) mass is 1080 g/mol. The van der Waals surface area contributed by atoms with Crippen molar-refractivity contribution in [1.82, 2.24) is 5.32 Å². The number of carbonyl (C=O) groups excluding carboxylic acids is 1. The summed E-state index contributed by atoms with van der Waals surface area (Å²) in [5.74, 6) is -0.183. The SMILES string of the molecule is CCCCCCCCCC/C=C\CCCCCCCCCCCCCC(=O)NC(COP(=O)(O)OCC[N+](C)(C)C)C(O)/C=C/CC/C=C/CCCCCCCCCCCCCCCCCCCCCCCCCC. The fourth-order valence-corrected chi connectivity index (χ4v) is 10.7. The summed E-state index contributed by atoms with van der Waals surface area (Å²) < 4.78 is 23.8. The van der Waals surface area contributed by atoms with Gasteiger partial charge in [-0.2, -0.15) is 0 Å². The van der Waals surface area contributed by atoms with Gasteiger partial charge in [0.25, 0.3) is 0 Å². The first kappa shape index (κ1) is 73.7. The Bertz CT molecular complexity index is 1320. The molecule has 75 heavy (non-hydrogen) atoms. The molecular weight excluding hydrogens is 948 g/mol. The molecule has 0 radical (unpaired) electrons. The molecule has 0 aliphatic heterocycles. The van der Waals surface area contributed by atoms with Crippen molar-refractivity contribution in [1.29, 1.82) is 0 Å². The molecule has 0 heterocycles. The number of hydrogen-bond donors (Lipinski definition) is 3. The molecule has 0 saturated heterocycles. The number of nitrogens with one attached hydrogen (secondary N) is 1. The molecule has 0 fully saturated rings. The number of aliphatic hydroxyl groups is 1. The predicted molar refractivity (Wildman–Crippen MR) is 328 cm³/mol. The standard InChI is InChI=1S/C66H129N2O6P/c1-6-8-10-12-14-16-18-20-22-24-26-28-30-31-32-33-34-35-36-38-39-41-43-45-47-49-51-53-55-57-59-65(69)64(63-74-75(71,72)73-62-61-68(3,4)5)67-66(70)60-58-56-54-52-50-48-46-44-42-40-37-29-27-25-23-21-19-17-15-13-11-9-7-2/h25,27,49,51,57,59,64-65,69H,6-24,26,28-48,50,52-56,58,60-63H2,1-5H3,(H-,67,70,71,72)/p+1/b27-25-,51-49+,59-57+. The first-order chi connectivity index (χ1) is 36.5. The van der Waals surface area contributed by atoms with Crippen molar-refractivity contribution in [3.63, 3.8) is 0 Å². The van der Waals surface area contributed by atoms with E-state index in [0.29, 0.717) is 17.4 Å². The van der Waals surface area contributed by atoms with Gasteiger partial charge in [-0.1, -0.05) is 301 Å². The first-order valence-corrected chi connectivity index (χ1v) is 34.4. The van der Waals surface area contributed by atoms with Crippen LogP contribution in [0.25, 0.3) is 0 Å². The molecule has 0 bridgehead atoms. The highest BCUT2D eigenvalue weighted by atomic mass is 31.2. The molecule has 0 aromatic rings. The maximum Gasteiger partial charge on any atom is 0.472 e. The van der Waals surface area contributed by atoms with Crippen LogP contribution in [0.15, 0.2) is 36.5 Å². The minimum Gasteiger partial charge on any atom is -0.387 e. The summed E-state index contributed by atoms with van der Waals surface area (Å²) in [5, 5.41) is 14.0. The number of phosphoric ester groups is 1. The van der Waals surface area contributed by atoms with Gasteiger partial charge in [0.1, 0.15) is 13.2 Å². The normalized spacial score (nSPS) is 14.0. The van der Waals surface area contributed by atoms with Crippen molar-refractivity contribution in [3.8, 4) is 0 Å². The Morgan fingerprint density at radius 3 is 1.07 bits per heavy atom. The largest absolute Gasteiger partial charge is 0.472 e. The van der Waals surface area contributed by atoms with Gasteiger partial charge in [-0.3, -0.25) is 13.8 Å². The van der Waals surface area contributed by atoms with E-state index in [2.05, 4.69) is 43.5 Å². The zero-order valence-electron chi connectivity index (χ0n) is 50.8. The average molecular weight is 1080 g/mol. The van der Waals surface area contributed by atoms with Gasteiger partial charge in [0, 0.05) is 6.42 Å². The summed E-state index contributed by atoms with van der Waals surface area (Å²) in [6.45, 7) is 4.84. The van der Waals surface area contributed by atoms with Gasteiger partial charge in [-0.25, -0.2) is 4.57 Å². The van der Waals surface area contributed by atoms with Crippen molar-refractivity contribution in [2.24, 2.45) is 0 Å². The smallest absolute Gasteiger partial charge is 0.387 e. The highest BCUT2D eigenvalue weighted by Crippen LogP contribution is 2.43. The molecule has 0 aliphatic carbocycles. The van der Waals surface area contributed by atoms with Gasteiger partial charge < -0.3 is 19.8 Å². The molecule has 0 saturated carbocycles. The number of rotatable bonds is 61. The van der Waals surface area contributed by atoms with Crippen LogP contribution in [0.5, 0.6) is 0 Å². The summed E-state index contributed by atoms with van der Waals surface area (Å²) in [7, 11) is 1.57. The van der Waals surface area contributed by atoms with Crippen molar-refractivity contribution in [3.05, 3.63) is 36.5 Å². The van der Waals surface area contributed by atoms with E-state index in [9.17, 15) is 19.4 Å². The first-order valence-electron chi connectivity index (χ1n) is 32.9. The Balaban J connectivity index is 4.13. The third-order valence-electron chi connectivity index (χ3n) is 15.1. The second kappa shape index (κ2) is 57.4. The van der Waals surface area contributed by atoms with E-state index in [1.54, 1.807) is 6.08 Å². The zero-order valence-corrected chi connectivity index (χ0v) is 51.7. The Hall–Kier alpha value is -1.28. The van der Waals surface area contributed by atoms with E-state index in [1.165, 1.54) is 270 Å². The highest BCUT2D eigenvalue weighted by Gasteiger charge is 2.28. The summed E-state index contributed by atoms with van der Waals surface area (Å²) in [6.07, 6.45) is 75.7. The molecule has 0 aromatic carbocycles. The number of aliphatic hydroxyl groups excluding tert-OH is 1. The molecule has 0 aromatic heterocycles. The summed E-state index contributed by atoms with van der Waals surface area (Å²) >= 11 is 0. The quantitative estimate of drug-likeness (QED) is 0.0243. The second-order valence-corrected chi connectivity index (χ2v) is 25.3. The van der Waals surface area contributed by atoms with E-state index >= 15 is 0 Å². The molecule has 3 atom stereocenters. The number of likely N-dealkylation sites (N-methyl/N-ethyl adjacent to an activating group) is 1. The highest BCUT2D eigenvalue weighted by molar-refractivity contribution is 7.47. The Morgan fingerprint density at radius 1 is 0.440 bits per heavy atom. The fraction of sp³-hybridized carbons (Fsp3) is 0.894.